The van der Waals surface area contributed by atoms with Gasteiger partial charge in [0.15, 0.2) is 0 Å². The summed E-state index contributed by atoms with van der Waals surface area (Å²) in [6.07, 6.45) is -1.47. The Bertz CT molecular complexity index is 313. The number of nitrogens with one attached hydrogen (secondary N) is 1. The van der Waals surface area contributed by atoms with Crippen LogP contribution in [0.4, 0.5) is 13.6 Å². The zero-order valence-electron chi connectivity index (χ0n) is 11.7. The summed E-state index contributed by atoms with van der Waals surface area (Å²) >= 11 is 0. The molecule has 0 bridgehead atoms. The highest BCUT2D eigenvalue weighted by atomic mass is 19.3. The van der Waals surface area contributed by atoms with Gasteiger partial charge in [-0.05, 0) is 27.2 Å². The summed E-state index contributed by atoms with van der Waals surface area (Å²) in [6, 6.07) is 0. The number of methoxy groups -OCH3 is 1. The average Bonchev–Trinajstić information content (AvgIpc) is 2.24. The molecule has 112 valence electrons. The van der Waals surface area contributed by atoms with Crippen molar-refractivity contribution < 1.29 is 27.8 Å². The summed E-state index contributed by atoms with van der Waals surface area (Å²) in [5, 5.41) is 2.00. The van der Waals surface area contributed by atoms with E-state index in [9.17, 15) is 18.4 Å². The summed E-state index contributed by atoms with van der Waals surface area (Å²) in [6.45, 7) is 4.10. The van der Waals surface area contributed by atoms with Gasteiger partial charge in [0.05, 0.1) is 13.7 Å². The highest BCUT2D eigenvalue weighted by Crippen LogP contribution is 2.20. The van der Waals surface area contributed by atoms with E-state index in [-0.39, 0.29) is 12.8 Å². The first kappa shape index (κ1) is 17.6. The number of alkyl carbamates (subject to hydrolysis) is 1. The quantitative estimate of drug-likeness (QED) is 0.760. The molecule has 0 aromatic carbocycles. The van der Waals surface area contributed by atoms with E-state index < -0.39 is 36.6 Å². The molecule has 0 rings (SSSR count). The minimum atomic E-state index is -3.08. The van der Waals surface area contributed by atoms with Gasteiger partial charge in [0.2, 0.25) is 0 Å². The van der Waals surface area contributed by atoms with Gasteiger partial charge in [0.25, 0.3) is 5.92 Å². The van der Waals surface area contributed by atoms with Crippen LogP contribution in [-0.2, 0) is 14.3 Å². The Balaban J connectivity index is 3.96. The van der Waals surface area contributed by atoms with Crippen LogP contribution < -0.4 is 5.32 Å². The van der Waals surface area contributed by atoms with E-state index in [1.807, 2.05) is 5.32 Å². The lowest BCUT2D eigenvalue weighted by atomic mass is 10.1. The van der Waals surface area contributed by atoms with Crippen LogP contribution in [0.1, 0.15) is 40.0 Å². The Morgan fingerprint density at radius 2 is 1.79 bits per heavy atom. The van der Waals surface area contributed by atoms with Crippen molar-refractivity contribution in [2.45, 2.75) is 51.6 Å². The lowest BCUT2D eigenvalue weighted by Crippen LogP contribution is -2.39. The molecule has 7 heteroatoms. The predicted molar refractivity (Wildman–Crippen MR) is 65.1 cm³/mol. The molecular weight excluding hydrogens is 260 g/mol. The Morgan fingerprint density at radius 3 is 2.26 bits per heavy atom. The van der Waals surface area contributed by atoms with Crippen molar-refractivity contribution in [2.75, 3.05) is 13.7 Å². The number of hydrogen-bond acceptors (Lipinski definition) is 4. The molecule has 0 unspecified atom stereocenters. The van der Waals surface area contributed by atoms with Gasteiger partial charge in [0.1, 0.15) is 5.60 Å². The second kappa shape index (κ2) is 7.25. The number of amides is 1. The number of esters is 1. The number of alkyl halides is 2. The van der Waals surface area contributed by atoms with E-state index in [1.54, 1.807) is 20.8 Å². The maximum absolute atomic E-state index is 13.3. The van der Waals surface area contributed by atoms with Crippen molar-refractivity contribution in [3.05, 3.63) is 0 Å². The van der Waals surface area contributed by atoms with Gasteiger partial charge in [-0.2, -0.15) is 0 Å². The average molecular weight is 281 g/mol. The maximum Gasteiger partial charge on any atom is 0.407 e. The Labute approximate surface area is 111 Å². The van der Waals surface area contributed by atoms with Crippen molar-refractivity contribution in [1.29, 1.82) is 0 Å². The van der Waals surface area contributed by atoms with Gasteiger partial charge in [-0.3, -0.25) is 4.79 Å². The van der Waals surface area contributed by atoms with Crippen molar-refractivity contribution in [3.63, 3.8) is 0 Å². The van der Waals surface area contributed by atoms with Gasteiger partial charge in [-0.25, -0.2) is 13.6 Å². The van der Waals surface area contributed by atoms with E-state index in [2.05, 4.69) is 4.74 Å². The van der Waals surface area contributed by atoms with Crippen LogP contribution >= 0.6 is 0 Å². The third-order valence-corrected chi connectivity index (χ3v) is 2.04. The minimum absolute atomic E-state index is 0.00429. The molecule has 0 saturated carbocycles. The Hall–Kier alpha value is -1.40. The summed E-state index contributed by atoms with van der Waals surface area (Å²) in [5.41, 5.74) is -0.732. The molecule has 0 atom stereocenters. The monoisotopic (exact) mass is 281 g/mol. The summed E-state index contributed by atoms with van der Waals surface area (Å²) in [5.74, 6) is -3.61. The van der Waals surface area contributed by atoms with Gasteiger partial charge in [-0.15, -0.1) is 0 Å². The molecule has 0 saturated heterocycles. The number of rotatable bonds is 6. The van der Waals surface area contributed by atoms with Crippen LogP contribution in [0, 0.1) is 0 Å². The van der Waals surface area contributed by atoms with Crippen molar-refractivity contribution >= 4 is 12.1 Å². The molecular formula is C12H21F2NO4. The van der Waals surface area contributed by atoms with E-state index in [1.165, 1.54) is 7.11 Å². The first-order valence-corrected chi connectivity index (χ1v) is 5.97. The summed E-state index contributed by atoms with van der Waals surface area (Å²) < 4.78 is 35.9. The number of halogens is 2. The van der Waals surface area contributed by atoms with Crippen molar-refractivity contribution in [1.82, 2.24) is 5.32 Å². The van der Waals surface area contributed by atoms with E-state index in [4.69, 9.17) is 4.74 Å². The third-order valence-electron chi connectivity index (χ3n) is 2.04. The molecule has 0 aromatic rings. The van der Waals surface area contributed by atoms with Gasteiger partial charge in [-0.1, -0.05) is 0 Å². The van der Waals surface area contributed by atoms with Crippen LogP contribution in [0.25, 0.3) is 0 Å². The number of carbonyl (C=O) groups excluding carboxylic acids is 2. The fourth-order valence-corrected chi connectivity index (χ4v) is 1.20. The fourth-order valence-electron chi connectivity index (χ4n) is 1.20. The maximum atomic E-state index is 13.3. The molecule has 1 N–H and O–H groups in total. The number of hydrogen-bond donors (Lipinski definition) is 1. The lowest BCUT2D eigenvalue weighted by Gasteiger charge is -2.21. The van der Waals surface area contributed by atoms with Crippen LogP contribution in [-0.4, -0.2) is 37.2 Å². The SMILES string of the molecule is COC(=O)CCCC(F)(F)CNC(=O)OC(C)(C)C. The smallest absolute Gasteiger partial charge is 0.407 e. The molecule has 19 heavy (non-hydrogen) atoms. The molecule has 0 radical (unpaired) electrons. The molecule has 1 amide bonds. The fraction of sp³-hybridized carbons (Fsp3) is 0.833. The largest absolute Gasteiger partial charge is 0.469 e. The second-order valence-corrected chi connectivity index (χ2v) is 5.14. The topological polar surface area (TPSA) is 64.6 Å². The first-order chi connectivity index (χ1) is 8.56. The number of carbonyl (C=O) groups is 2. The molecule has 0 aliphatic heterocycles. The molecule has 0 aliphatic rings. The van der Waals surface area contributed by atoms with Gasteiger partial charge in [0, 0.05) is 12.8 Å². The molecule has 0 aromatic heterocycles. The third kappa shape index (κ3) is 10.2. The molecule has 0 fully saturated rings. The highest BCUT2D eigenvalue weighted by molar-refractivity contribution is 5.69. The zero-order chi connectivity index (χ0) is 15.1. The normalized spacial score (nSPS) is 11.9. The zero-order valence-corrected chi connectivity index (χ0v) is 11.7. The summed E-state index contributed by atoms with van der Waals surface area (Å²) in [4.78, 5) is 22.0. The molecule has 0 aliphatic carbocycles. The van der Waals surface area contributed by atoms with Crippen molar-refractivity contribution in [3.8, 4) is 0 Å². The molecule has 0 heterocycles. The number of ether oxygens (including phenoxy) is 2. The van der Waals surface area contributed by atoms with Gasteiger partial charge >= 0.3 is 12.1 Å². The first-order valence-electron chi connectivity index (χ1n) is 5.97. The minimum Gasteiger partial charge on any atom is -0.469 e. The Kier molecular flexibility index (Phi) is 6.72. The molecule has 5 nitrogen and oxygen atoms in total. The van der Waals surface area contributed by atoms with E-state index >= 15 is 0 Å². The Morgan fingerprint density at radius 1 is 1.21 bits per heavy atom. The van der Waals surface area contributed by atoms with Crippen LogP contribution in [0.2, 0.25) is 0 Å². The van der Waals surface area contributed by atoms with Crippen molar-refractivity contribution in [2.24, 2.45) is 0 Å². The highest BCUT2D eigenvalue weighted by Gasteiger charge is 2.30. The van der Waals surface area contributed by atoms with Gasteiger partial charge < -0.3 is 14.8 Å². The molecule has 0 spiro atoms. The van der Waals surface area contributed by atoms with Crippen LogP contribution in [0.3, 0.4) is 0 Å². The standard InChI is InChI=1S/C12H21F2NO4/c1-11(2,3)19-10(17)15-8-12(13,14)7-5-6-9(16)18-4/h5-8H2,1-4H3,(H,15,17). The van der Waals surface area contributed by atoms with Crippen LogP contribution in [0.5, 0.6) is 0 Å². The lowest BCUT2D eigenvalue weighted by molar-refractivity contribution is -0.141. The van der Waals surface area contributed by atoms with E-state index in [0.717, 1.165) is 0 Å². The summed E-state index contributed by atoms with van der Waals surface area (Å²) in [7, 11) is 1.20. The second-order valence-electron chi connectivity index (χ2n) is 5.14. The predicted octanol–water partition coefficient (Wildman–Crippen LogP) is 2.49. The van der Waals surface area contributed by atoms with E-state index in [0.29, 0.717) is 0 Å². The van der Waals surface area contributed by atoms with Crippen LogP contribution in [0.15, 0.2) is 0 Å².